The van der Waals surface area contributed by atoms with Gasteiger partial charge in [-0.2, -0.15) is 0 Å². The Bertz CT molecular complexity index is 678. The van der Waals surface area contributed by atoms with Crippen LogP contribution in [-0.4, -0.2) is 149 Å². The molecule has 12 N–H and O–H groups in total. The van der Waals surface area contributed by atoms with E-state index < -0.39 is 80.0 Å². The number of carbonyl (C=O) groups excluding carboxylic acids is 3. The molecule has 0 aliphatic heterocycles. The number of carboxylic acids is 3. The predicted octanol–water partition coefficient (Wildman–Crippen LogP) is -8.11. The Balaban J connectivity index is -0.000000248. The molecule has 41 heavy (non-hydrogen) atoms. The van der Waals surface area contributed by atoms with Crippen molar-refractivity contribution < 1.29 is 105 Å². The second-order valence-electron chi connectivity index (χ2n) is 8.32. The van der Waals surface area contributed by atoms with Crippen molar-refractivity contribution in [2.75, 3.05) is 19.8 Å². The minimum atomic E-state index is -2.31. The van der Waals surface area contributed by atoms with Crippen LogP contribution in [0.1, 0.15) is 45.4 Å². The molecule has 1 amide bonds. The van der Waals surface area contributed by atoms with Crippen LogP contribution in [0.5, 0.6) is 0 Å². The van der Waals surface area contributed by atoms with E-state index in [2.05, 4.69) is 12.2 Å². The summed E-state index contributed by atoms with van der Waals surface area (Å²) in [6, 6.07) is 0. The smallest absolute Gasteiger partial charge is 0.547 e. The van der Waals surface area contributed by atoms with E-state index >= 15 is 0 Å². The van der Waals surface area contributed by atoms with Gasteiger partial charge in [0.15, 0.2) is 0 Å². The summed E-state index contributed by atoms with van der Waals surface area (Å²) in [6.07, 6.45) is -10.3. The Morgan fingerprint density at radius 1 is 0.659 bits per heavy atom. The molecule has 0 unspecified atom stereocenters. The zero-order valence-corrected chi connectivity index (χ0v) is 25.5. The van der Waals surface area contributed by atoms with Crippen molar-refractivity contribution >= 4 is 23.8 Å². The van der Waals surface area contributed by atoms with E-state index in [1.165, 1.54) is 12.8 Å². The fourth-order valence-electron chi connectivity index (χ4n) is 2.48. The van der Waals surface area contributed by atoms with Crippen LogP contribution in [-0.2, 0) is 38.7 Å². The van der Waals surface area contributed by atoms with Gasteiger partial charge in [-0.3, -0.25) is 9.59 Å². The number of unbranched alkanes of at least 4 members (excludes halogenated alkanes) is 4. The van der Waals surface area contributed by atoms with Gasteiger partial charge in [-0.05, 0) is 6.42 Å². The monoisotopic (exact) mass is 655 g/mol. The topological polar surface area (TPSA) is 349 Å². The van der Waals surface area contributed by atoms with E-state index in [0.29, 0.717) is 6.42 Å². The molecular formula is C22H41NO17Zn. The number of aliphatic carboxylic acids is 3. The summed E-state index contributed by atoms with van der Waals surface area (Å²) >= 11 is 0. The third-order valence-electron chi connectivity index (χ3n) is 4.94. The Morgan fingerprint density at radius 3 is 1.32 bits per heavy atom. The van der Waals surface area contributed by atoms with Gasteiger partial charge in [-0.1, -0.05) is 32.6 Å². The van der Waals surface area contributed by atoms with E-state index in [4.69, 9.17) is 56.2 Å². The number of hydrogen-bond donors (Lipinski definition) is 12. The summed E-state index contributed by atoms with van der Waals surface area (Å²) in [5.41, 5.74) is 0. The standard InChI is InChI=1S/C10H19NO3.2C6H12O7.Zn/c1-2-3-4-5-6-7-9(12)11-8-10(13)14;2*7-1-2(8)3(9)4(10)5(11)6(12)13;/h2-8H2,1H3,(H,11,12)(H,13,14);2*2-5,7-11H,1H2,(H,12,13);/q;;;+2/p-2/t;2*2-,3-,4+,5-;/m.11./s1. The number of rotatable bonds is 18. The number of amides is 1. The second kappa shape index (κ2) is 27.0. The molecule has 0 aliphatic rings. The van der Waals surface area contributed by atoms with Crippen LogP contribution in [0.25, 0.3) is 0 Å². The molecule has 0 spiro atoms. The molecule has 0 fully saturated rings. The summed E-state index contributed by atoms with van der Waals surface area (Å²) in [4.78, 5) is 41.1. The first kappa shape index (κ1) is 46.1. The first-order valence-electron chi connectivity index (χ1n) is 12.1. The first-order chi connectivity index (χ1) is 18.5. The maximum absolute atomic E-state index is 11.0. The molecular weight excluding hydrogens is 616 g/mol. The molecule has 0 aliphatic carbocycles. The average molecular weight is 657 g/mol. The van der Waals surface area contributed by atoms with Crippen molar-refractivity contribution in [1.82, 2.24) is 5.32 Å². The van der Waals surface area contributed by atoms with Crippen LogP contribution in [0.4, 0.5) is 0 Å². The molecule has 0 bridgehead atoms. The summed E-state index contributed by atoms with van der Waals surface area (Å²) in [5, 5.41) is 117. The molecule has 8 atom stereocenters. The Labute approximate surface area is 248 Å². The van der Waals surface area contributed by atoms with Crippen molar-refractivity contribution in [1.29, 1.82) is 0 Å². The van der Waals surface area contributed by atoms with Crippen LogP contribution in [0, 0.1) is 0 Å². The summed E-state index contributed by atoms with van der Waals surface area (Å²) in [7, 11) is 0. The first-order valence-corrected chi connectivity index (χ1v) is 12.1. The van der Waals surface area contributed by atoms with Crippen LogP contribution < -0.4 is 15.5 Å². The Hall–Kier alpha value is -1.90. The molecule has 0 aromatic carbocycles. The van der Waals surface area contributed by atoms with Crippen molar-refractivity contribution in [2.24, 2.45) is 0 Å². The summed E-state index contributed by atoms with van der Waals surface area (Å²) in [5.74, 6) is -5.11. The van der Waals surface area contributed by atoms with E-state index in [0.717, 1.165) is 19.3 Å². The van der Waals surface area contributed by atoms with Gasteiger partial charge in [0.25, 0.3) is 0 Å². The number of carboxylic acid groups (broad SMARTS) is 3. The van der Waals surface area contributed by atoms with E-state index in [-0.39, 0.29) is 31.9 Å². The zero-order chi connectivity index (χ0) is 32.0. The minimum absolute atomic E-state index is 0. The van der Waals surface area contributed by atoms with Crippen LogP contribution in [0.2, 0.25) is 0 Å². The van der Waals surface area contributed by atoms with E-state index in [1.807, 2.05) is 0 Å². The quantitative estimate of drug-likeness (QED) is 0.0481. The fraction of sp³-hybridized carbons (Fsp3) is 0.818. The number of hydrogen-bond acceptors (Lipinski definition) is 16. The number of aliphatic hydroxyl groups excluding tert-OH is 10. The summed E-state index contributed by atoms with van der Waals surface area (Å²) < 4.78 is 0. The molecule has 0 radical (unpaired) electrons. The third kappa shape index (κ3) is 23.4. The van der Waals surface area contributed by atoms with Gasteiger partial charge in [-0.15, -0.1) is 0 Å². The largest absolute Gasteiger partial charge is 2.00 e. The van der Waals surface area contributed by atoms with Gasteiger partial charge >= 0.3 is 25.4 Å². The normalized spacial score (nSPS) is 16.3. The zero-order valence-electron chi connectivity index (χ0n) is 22.6. The van der Waals surface area contributed by atoms with E-state index in [1.54, 1.807) is 0 Å². The van der Waals surface area contributed by atoms with Crippen molar-refractivity contribution in [3.8, 4) is 0 Å². The van der Waals surface area contributed by atoms with Gasteiger partial charge in [0.1, 0.15) is 55.4 Å². The maximum atomic E-state index is 11.0. The molecule has 0 aromatic rings. The Morgan fingerprint density at radius 2 is 1.02 bits per heavy atom. The molecule has 0 saturated carbocycles. The van der Waals surface area contributed by atoms with Crippen LogP contribution >= 0.6 is 0 Å². The summed E-state index contributed by atoms with van der Waals surface area (Å²) in [6.45, 7) is 0.142. The molecule has 0 rings (SSSR count). The molecule has 238 valence electrons. The number of aliphatic hydroxyl groups is 10. The van der Waals surface area contributed by atoms with Crippen molar-refractivity contribution in [3.05, 3.63) is 0 Å². The van der Waals surface area contributed by atoms with Gasteiger partial charge in [0.2, 0.25) is 5.91 Å². The average Bonchev–Trinajstić information content (AvgIpc) is 2.92. The third-order valence-corrected chi connectivity index (χ3v) is 4.94. The van der Waals surface area contributed by atoms with Gasteiger partial charge < -0.3 is 81.3 Å². The van der Waals surface area contributed by atoms with Crippen molar-refractivity contribution in [2.45, 2.75) is 94.3 Å². The van der Waals surface area contributed by atoms with Gasteiger partial charge in [-0.25, -0.2) is 0 Å². The van der Waals surface area contributed by atoms with Gasteiger partial charge in [0.05, 0.1) is 25.2 Å². The SMILES string of the molecule is CCCCCCCC(=O)NCC(=O)O.O=C([O-])[C@H](O)[C@@H](O)[C@H](O)[C@H](O)CO.O=C([O-])[C@H](O)[C@@H](O)[C@H](O)[C@H](O)CO.[Zn+2]. The van der Waals surface area contributed by atoms with Crippen LogP contribution in [0.3, 0.4) is 0 Å². The van der Waals surface area contributed by atoms with E-state index in [9.17, 15) is 29.4 Å². The second-order valence-corrected chi connectivity index (χ2v) is 8.32. The number of carbonyl (C=O) groups is 4. The Kier molecular flexibility index (Phi) is 30.3. The molecule has 19 heteroatoms. The molecule has 0 heterocycles. The minimum Gasteiger partial charge on any atom is -0.547 e. The molecule has 18 nitrogen and oxygen atoms in total. The fourth-order valence-corrected chi connectivity index (χ4v) is 2.48. The molecule has 0 saturated heterocycles. The maximum Gasteiger partial charge on any atom is 2.00 e. The molecule has 0 aromatic heterocycles. The predicted molar refractivity (Wildman–Crippen MR) is 126 cm³/mol. The number of nitrogens with one attached hydrogen (secondary N) is 1. The van der Waals surface area contributed by atoms with Crippen molar-refractivity contribution in [3.63, 3.8) is 0 Å². The van der Waals surface area contributed by atoms with Gasteiger partial charge in [0, 0.05) is 6.42 Å². The van der Waals surface area contributed by atoms with Crippen LogP contribution in [0.15, 0.2) is 0 Å².